The molecule has 1 aromatic heterocycles. The Morgan fingerprint density at radius 3 is 2.76 bits per heavy atom. The van der Waals surface area contributed by atoms with Crippen LogP contribution in [0.2, 0.25) is 5.15 Å². The number of hydrogen-bond donors (Lipinski definition) is 1. The van der Waals surface area contributed by atoms with Crippen LogP contribution >= 0.6 is 11.6 Å². The van der Waals surface area contributed by atoms with E-state index in [1.807, 2.05) is 6.07 Å². The largest absolute Gasteiger partial charge is 0.368 e. The Balaban J connectivity index is 1.85. The van der Waals surface area contributed by atoms with Crippen molar-refractivity contribution in [1.29, 1.82) is 0 Å². The van der Waals surface area contributed by atoms with Gasteiger partial charge in [0, 0.05) is 6.54 Å². The summed E-state index contributed by atoms with van der Waals surface area (Å²) in [6.45, 7) is 0.666. The second-order valence-electron chi connectivity index (χ2n) is 3.55. The van der Waals surface area contributed by atoms with Gasteiger partial charge < -0.3 is 5.32 Å². The second-order valence-corrected chi connectivity index (χ2v) is 3.94. The second kappa shape index (κ2) is 5.59. The molecule has 0 saturated heterocycles. The van der Waals surface area contributed by atoms with Crippen molar-refractivity contribution in [2.45, 2.75) is 6.42 Å². The summed E-state index contributed by atoms with van der Waals surface area (Å²) in [5.74, 6) is 0.444. The molecule has 0 aliphatic rings. The third kappa shape index (κ3) is 3.67. The van der Waals surface area contributed by atoms with E-state index in [1.165, 1.54) is 12.1 Å². The number of aromatic nitrogens is 2. The molecule has 0 atom stereocenters. The van der Waals surface area contributed by atoms with Gasteiger partial charge in [-0.05, 0) is 36.2 Å². The molecule has 0 unspecified atom stereocenters. The maximum Gasteiger partial charge on any atom is 0.151 e. The highest BCUT2D eigenvalue weighted by Crippen LogP contribution is 2.07. The molecule has 2 rings (SSSR count). The summed E-state index contributed by atoms with van der Waals surface area (Å²) in [4.78, 5) is 0. The first kappa shape index (κ1) is 11.8. The van der Waals surface area contributed by atoms with E-state index < -0.39 is 0 Å². The summed E-state index contributed by atoms with van der Waals surface area (Å²) >= 11 is 5.62. The summed E-state index contributed by atoms with van der Waals surface area (Å²) in [5.41, 5.74) is 0.944. The number of nitrogens with zero attached hydrogens (tertiary/aromatic N) is 2. The van der Waals surface area contributed by atoms with E-state index in [9.17, 15) is 4.39 Å². The molecule has 0 radical (unpaired) electrons. The fraction of sp³-hybridized carbons (Fsp3) is 0.167. The van der Waals surface area contributed by atoms with Crippen LogP contribution in [0.4, 0.5) is 10.2 Å². The lowest BCUT2D eigenvalue weighted by Crippen LogP contribution is -2.06. The topological polar surface area (TPSA) is 37.8 Å². The first-order chi connectivity index (χ1) is 8.24. The van der Waals surface area contributed by atoms with Gasteiger partial charge in [0.15, 0.2) is 5.15 Å². The van der Waals surface area contributed by atoms with E-state index in [1.54, 1.807) is 18.2 Å². The van der Waals surface area contributed by atoms with Gasteiger partial charge in [0.05, 0.1) is 0 Å². The molecule has 1 heterocycles. The molecule has 0 fully saturated rings. The summed E-state index contributed by atoms with van der Waals surface area (Å²) in [6.07, 6.45) is 0.724. The Labute approximate surface area is 104 Å². The van der Waals surface area contributed by atoms with E-state index in [0.717, 1.165) is 12.0 Å². The molecule has 88 valence electrons. The van der Waals surface area contributed by atoms with Crippen LogP contribution in [0, 0.1) is 5.82 Å². The molecule has 0 amide bonds. The molecular weight excluding hydrogens is 241 g/mol. The lowest BCUT2D eigenvalue weighted by Gasteiger charge is -2.04. The molecule has 0 bridgehead atoms. The van der Waals surface area contributed by atoms with Crippen molar-refractivity contribution in [2.24, 2.45) is 0 Å². The lowest BCUT2D eigenvalue weighted by atomic mass is 10.1. The number of hydrogen-bond acceptors (Lipinski definition) is 3. The average Bonchev–Trinajstić information content (AvgIpc) is 2.32. The Morgan fingerprint density at radius 1 is 1.18 bits per heavy atom. The van der Waals surface area contributed by atoms with Gasteiger partial charge in [0.1, 0.15) is 11.6 Å². The van der Waals surface area contributed by atoms with Gasteiger partial charge in [-0.1, -0.05) is 23.7 Å². The quantitative estimate of drug-likeness (QED) is 0.908. The van der Waals surface area contributed by atoms with Gasteiger partial charge in [-0.15, -0.1) is 10.2 Å². The van der Waals surface area contributed by atoms with Crippen molar-refractivity contribution < 1.29 is 4.39 Å². The molecule has 1 N–H and O–H groups in total. The van der Waals surface area contributed by atoms with Gasteiger partial charge in [-0.3, -0.25) is 0 Å². The summed E-state index contributed by atoms with van der Waals surface area (Å²) in [6, 6.07) is 9.96. The minimum absolute atomic E-state index is 0.214. The molecule has 5 heteroatoms. The molecule has 0 saturated carbocycles. The highest BCUT2D eigenvalue weighted by Gasteiger charge is 1.97. The van der Waals surface area contributed by atoms with Crippen LogP contribution in [-0.4, -0.2) is 16.7 Å². The van der Waals surface area contributed by atoms with E-state index in [2.05, 4.69) is 15.5 Å². The summed E-state index contributed by atoms with van der Waals surface area (Å²) in [7, 11) is 0. The standard InChI is InChI=1S/C12H11ClFN3/c13-11-4-5-12(17-16-11)15-7-6-9-2-1-3-10(14)8-9/h1-5,8H,6-7H2,(H,15,17). The normalized spacial score (nSPS) is 10.2. The highest BCUT2D eigenvalue weighted by atomic mass is 35.5. The molecule has 3 nitrogen and oxygen atoms in total. The third-order valence-electron chi connectivity index (χ3n) is 2.24. The maximum atomic E-state index is 12.9. The Bertz CT molecular complexity index is 487. The zero-order chi connectivity index (χ0) is 12.1. The summed E-state index contributed by atoms with van der Waals surface area (Å²) in [5, 5.41) is 11.0. The van der Waals surface area contributed by atoms with Crippen LogP contribution in [0.1, 0.15) is 5.56 Å². The number of benzene rings is 1. The highest BCUT2D eigenvalue weighted by molar-refractivity contribution is 6.29. The Kier molecular flexibility index (Phi) is 3.88. The number of halogens is 2. The SMILES string of the molecule is Fc1cccc(CCNc2ccc(Cl)nn2)c1. The van der Waals surface area contributed by atoms with E-state index in [-0.39, 0.29) is 5.82 Å². The van der Waals surface area contributed by atoms with Gasteiger partial charge in [0.2, 0.25) is 0 Å². The molecule has 0 aliphatic heterocycles. The van der Waals surface area contributed by atoms with E-state index >= 15 is 0 Å². The van der Waals surface area contributed by atoms with Crippen LogP contribution in [-0.2, 0) is 6.42 Å². The molecule has 0 spiro atoms. The van der Waals surface area contributed by atoms with Gasteiger partial charge in [0.25, 0.3) is 0 Å². The van der Waals surface area contributed by atoms with Crippen LogP contribution in [0.15, 0.2) is 36.4 Å². The minimum atomic E-state index is -0.214. The number of rotatable bonds is 4. The maximum absolute atomic E-state index is 12.9. The summed E-state index contributed by atoms with van der Waals surface area (Å²) < 4.78 is 12.9. The van der Waals surface area contributed by atoms with Crippen LogP contribution < -0.4 is 5.32 Å². The predicted molar refractivity (Wildman–Crippen MR) is 65.6 cm³/mol. The first-order valence-corrected chi connectivity index (χ1v) is 5.59. The van der Waals surface area contributed by atoms with Crippen molar-refractivity contribution >= 4 is 17.4 Å². The van der Waals surface area contributed by atoms with Crippen molar-refractivity contribution in [1.82, 2.24) is 10.2 Å². The van der Waals surface area contributed by atoms with Crippen molar-refractivity contribution in [2.75, 3.05) is 11.9 Å². The molecular formula is C12H11ClFN3. The Hall–Kier alpha value is -1.68. The van der Waals surface area contributed by atoms with Crippen molar-refractivity contribution in [3.05, 3.63) is 52.9 Å². The fourth-order valence-electron chi connectivity index (χ4n) is 1.44. The first-order valence-electron chi connectivity index (χ1n) is 5.21. The molecule has 1 aromatic carbocycles. The predicted octanol–water partition coefficient (Wildman–Crippen LogP) is 2.92. The smallest absolute Gasteiger partial charge is 0.151 e. The zero-order valence-electron chi connectivity index (χ0n) is 9.03. The van der Waals surface area contributed by atoms with Crippen LogP contribution in [0.3, 0.4) is 0 Å². The lowest BCUT2D eigenvalue weighted by molar-refractivity contribution is 0.625. The zero-order valence-corrected chi connectivity index (χ0v) is 9.78. The van der Waals surface area contributed by atoms with Crippen LogP contribution in [0.5, 0.6) is 0 Å². The van der Waals surface area contributed by atoms with E-state index in [4.69, 9.17) is 11.6 Å². The number of anilines is 1. The van der Waals surface area contributed by atoms with Gasteiger partial charge in [-0.2, -0.15) is 0 Å². The van der Waals surface area contributed by atoms with Crippen LogP contribution in [0.25, 0.3) is 0 Å². The molecule has 17 heavy (non-hydrogen) atoms. The van der Waals surface area contributed by atoms with Crippen molar-refractivity contribution in [3.8, 4) is 0 Å². The fourth-order valence-corrected chi connectivity index (χ4v) is 1.54. The Morgan fingerprint density at radius 2 is 2.06 bits per heavy atom. The van der Waals surface area contributed by atoms with E-state index in [0.29, 0.717) is 17.5 Å². The minimum Gasteiger partial charge on any atom is -0.368 e. The third-order valence-corrected chi connectivity index (χ3v) is 2.44. The van der Waals surface area contributed by atoms with Gasteiger partial charge >= 0.3 is 0 Å². The van der Waals surface area contributed by atoms with Crippen molar-refractivity contribution in [3.63, 3.8) is 0 Å². The monoisotopic (exact) mass is 251 g/mol. The molecule has 2 aromatic rings. The molecule has 0 aliphatic carbocycles. The number of nitrogens with one attached hydrogen (secondary N) is 1. The average molecular weight is 252 g/mol. The van der Waals surface area contributed by atoms with Gasteiger partial charge in [-0.25, -0.2) is 4.39 Å².